The quantitative estimate of drug-likeness (QED) is 0.480. The molecule has 0 fully saturated rings. The zero-order chi connectivity index (χ0) is 13.9. The highest BCUT2D eigenvalue weighted by atomic mass is 16.8. The minimum atomic E-state index is 0.294. The first-order valence-corrected chi connectivity index (χ1v) is 5.98. The van der Waals surface area contributed by atoms with Crippen LogP contribution in [0.15, 0.2) is 45.2 Å². The van der Waals surface area contributed by atoms with E-state index in [9.17, 15) is 5.21 Å². The van der Waals surface area contributed by atoms with Crippen molar-refractivity contribution in [2.24, 2.45) is 10.3 Å². The van der Waals surface area contributed by atoms with Crippen LogP contribution in [-0.2, 0) is 6.42 Å². The number of anilines is 1. The fourth-order valence-electron chi connectivity index (χ4n) is 2.00. The highest BCUT2D eigenvalue weighted by Crippen LogP contribution is 2.16. The van der Waals surface area contributed by atoms with Gasteiger partial charge in [0.05, 0.1) is 5.69 Å². The van der Waals surface area contributed by atoms with Gasteiger partial charge in [0, 0.05) is 18.0 Å². The Bertz CT molecular complexity index is 678. The van der Waals surface area contributed by atoms with Crippen molar-refractivity contribution >= 4 is 17.1 Å². The lowest BCUT2D eigenvalue weighted by Crippen LogP contribution is -2.34. The molecule has 0 aliphatic heterocycles. The van der Waals surface area contributed by atoms with E-state index in [1.54, 1.807) is 0 Å². The molecule has 2 aromatic rings. The Morgan fingerprint density at radius 2 is 2.10 bits per heavy atom. The van der Waals surface area contributed by atoms with E-state index in [1.165, 1.54) is 0 Å². The summed E-state index contributed by atoms with van der Waals surface area (Å²) in [6, 6.07) is 9.27. The standard InChI is InChI=1S/C12H11N5O3/c18-15-9-6-7-10-12(16-20-17(10)19)11(9)14-13-8-4-2-1-3-5-8/h1-5,13,18H,6-7H2/b14-11-,15-9-. The largest absolute Gasteiger partial charge is 0.411 e. The van der Waals surface area contributed by atoms with Crippen molar-refractivity contribution in [3.05, 3.63) is 46.9 Å². The Balaban J connectivity index is 1.97. The van der Waals surface area contributed by atoms with Gasteiger partial charge in [-0.3, -0.25) is 10.1 Å². The van der Waals surface area contributed by atoms with Crippen molar-refractivity contribution in [2.75, 3.05) is 5.43 Å². The van der Waals surface area contributed by atoms with Crippen molar-refractivity contribution in [1.82, 2.24) is 5.16 Å². The Labute approximate surface area is 113 Å². The number of oxime groups is 1. The molecule has 0 saturated heterocycles. The van der Waals surface area contributed by atoms with Gasteiger partial charge >= 0.3 is 0 Å². The fraction of sp³-hybridized carbons (Fsp3) is 0.167. The van der Waals surface area contributed by atoms with Crippen molar-refractivity contribution in [1.29, 1.82) is 0 Å². The molecule has 0 amide bonds. The van der Waals surface area contributed by atoms with Crippen LogP contribution in [0.3, 0.4) is 0 Å². The molecular weight excluding hydrogens is 262 g/mol. The molecule has 0 unspecified atom stereocenters. The van der Waals surface area contributed by atoms with Crippen LogP contribution < -0.4 is 10.3 Å². The lowest BCUT2D eigenvalue weighted by Gasteiger charge is -2.10. The lowest BCUT2D eigenvalue weighted by atomic mass is 9.97. The summed E-state index contributed by atoms with van der Waals surface area (Å²) in [5.74, 6) is 0. The average molecular weight is 273 g/mol. The minimum Gasteiger partial charge on any atom is -0.411 e. The van der Waals surface area contributed by atoms with E-state index in [0.717, 1.165) is 5.69 Å². The molecule has 0 atom stereocenters. The third-order valence-corrected chi connectivity index (χ3v) is 2.99. The van der Waals surface area contributed by atoms with Crippen LogP contribution in [0.5, 0.6) is 0 Å². The normalized spacial score (nSPS) is 18.2. The van der Waals surface area contributed by atoms with Crippen molar-refractivity contribution in [3.63, 3.8) is 0 Å². The van der Waals surface area contributed by atoms with Crippen LogP contribution in [0.25, 0.3) is 0 Å². The van der Waals surface area contributed by atoms with Gasteiger partial charge in [0.1, 0.15) is 5.71 Å². The van der Waals surface area contributed by atoms with Gasteiger partial charge in [-0.1, -0.05) is 23.4 Å². The van der Waals surface area contributed by atoms with Crippen LogP contribution in [0.2, 0.25) is 0 Å². The molecule has 0 saturated carbocycles. The molecule has 1 aliphatic rings. The number of hydrazone groups is 1. The summed E-state index contributed by atoms with van der Waals surface area (Å²) < 4.78 is 4.56. The summed E-state index contributed by atoms with van der Waals surface area (Å²) in [5, 5.41) is 31.4. The van der Waals surface area contributed by atoms with Gasteiger partial charge in [-0.25, -0.2) is 0 Å². The monoisotopic (exact) mass is 273 g/mol. The van der Waals surface area contributed by atoms with E-state index < -0.39 is 0 Å². The number of rotatable bonds is 2. The van der Waals surface area contributed by atoms with E-state index in [0.29, 0.717) is 40.6 Å². The molecule has 0 bridgehead atoms. The first-order chi connectivity index (χ1) is 9.79. The van der Waals surface area contributed by atoms with Crippen molar-refractivity contribution in [2.45, 2.75) is 12.8 Å². The van der Waals surface area contributed by atoms with Crippen LogP contribution in [0.1, 0.15) is 17.8 Å². The molecule has 20 heavy (non-hydrogen) atoms. The van der Waals surface area contributed by atoms with E-state index in [4.69, 9.17) is 5.21 Å². The van der Waals surface area contributed by atoms with Crippen LogP contribution in [-0.4, -0.2) is 21.8 Å². The Morgan fingerprint density at radius 3 is 2.85 bits per heavy atom. The zero-order valence-electron chi connectivity index (χ0n) is 10.4. The number of benzene rings is 1. The maximum Gasteiger partial charge on any atom is 0.273 e. The second-order valence-corrected chi connectivity index (χ2v) is 4.21. The molecule has 0 radical (unpaired) electrons. The van der Waals surface area contributed by atoms with Crippen molar-refractivity contribution < 1.29 is 14.7 Å². The van der Waals surface area contributed by atoms with Gasteiger partial charge in [0.2, 0.25) is 5.69 Å². The highest BCUT2D eigenvalue weighted by molar-refractivity contribution is 6.48. The van der Waals surface area contributed by atoms with Gasteiger partial charge < -0.3 is 10.4 Å². The molecule has 1 aliphatic carbocycles. The molecule has 102 valence electrons. The van der Waals surface area contributed by atoms with Gasteiger partial charge in [-0.05, 0) is 17.0 Å². The lowest BCUT2D eigenvalue weighted by molar-refractivity contribution is -0.807. The average Bonchev–Trinajstić information content (AvgIpc) is 2.87. The summed E-state index contributed by atoms with van der Waals surface area (Å²) in [6.45, 7) is 0. The van der Waals surface area contributed by atoms with Gasteiger partial charge in [0.25, 0.3) is 5.69 Å². The maximum absolute atomic E-state index is 11.4. The molecule has 3 rings (SSSR count). The summed E-state index contributed by atoms with van der Waals surface area (Å²) in [5.41, 5.74) is 4.93. The van der Waals surface area contributed by atoms with Gasteiger partial charge in [-0.2, -0.15) is 5.10 Å². The van der Waals surface area contributed by atoms with E-state index >= 15 is 0 Å². The number of aromatic nitrogens is 2. The van der Waals surface area contributed by atoms with E-state index in [2.05, 4.69) is 25.5 Å². The van der Waals surface area contributed by atoms with Crippen molar-refractivity contribution in [3.8, 4) is 0 Å². The first-order valence-electron chi connectivity index (χ1n) is 5.98. The van der Waals surface area contributed by atoms with Crippen LogP contribution in [0.4, 0.5) is 5.69 Å². The molecule has 1 aromatic carbocycles. The number of nitrogens with one attached hydrogen (secondary N) is 1. The van der Waals surface area contributed by atoms with E-state index in [1.807, 2.05) is 30.3 Å². The minimum absolute atomic E-state index is 0.294. The van der Waals surface area contributed by atoms with Gasteiger partial charge in [0.15, 0.2) is 5.71 Å². The first kappa shape index (κ1) is 12.2. The Morgan fingerprint density at radius 1 is 1.30 bits per heavy atom. The third kappa shape index (κ3) is 2.07. The molecule has 2 N–H and O–H groups in total. The molecule has 1 heterocycles. The molecule has 8 heteroatoms. The summed E-state index contributed by atoms with van der Waals surface area (Å²) in [7, 11) is 0. The molecule has 0 spiro atoms. The second kappa shape index (κ2) is 5.00. The number of hydrogen-bond donors (Lipinski definition) is 2. The summed E-state index contributed by atoms with van der Waals surface area (Å²) >= 11 is 0. The Kier molecular flexibility index (Phi) is 3.04. The topological polar surface area (TPSA) is 110 Å². The maximum atomic E-state index is 11.4. The molecular formula is C12H11N5O3. The SMILES string of the molecule is [O-][n+]1onc2c1CCC(=N/O)/C2=N/Nc1ccccc1. The fourth-order valence-corrected chi connectivity index (χ4v) is 2.00. The highest BCUT2D eigenvalue weighted by Gasteiger charge is 2.33. The second-order valence-electron chi connectivity index (χ2n) is 4.21. The number of fused-ring (bicyclic) bond motifs is 1. The molecule has 8 nitrogen and oxygen atoms in total. The van der Waals surface area contributed by atoms with E-state index in [-0.39, 0.29) is 0 Å². The van der Waals surface area contributed by atoms with Crippen LogP contribution >= 0.6 is 0 Å². The third-order valence-electron chi connectivity index (χ3n) is 2.99. The number of nitrogens with zero attached hydrogens (tertiary/aromatic N) is 4. The van der Waals surface area contributed by atoms with Crippen LogP contribution in [0, 0.1) is 5.21 Å². The predicted molar refractivity (Wildman–Crippen MR) is 69.6 cm³/mol. The zero-order valence-corrected chi connectivity index (χ0v) is 10.4. The smallest absolute Gasteiger partial charge is 0.273 e. The predicted octanol–water partition coefficient (Wildman–Crippen LogP) is 0.901. The Hall–Kier alpha value is -2.90. The number of para-hydroxylation sites is 1. The molecule has 1 aromatic heterocycles. The summed E-state index contributed by atoms with van der Waals surface area (Å²) in [4.78, 5) is 0.349. The summed E-state index contributed by atoms with van der Waals surface area (Å²) in [6.07, 6.45) is 0.786. The number of hydrogen-bond acceptors (Lipinski definition) is 7. The van der Waals surface area contributed by atoms with Gasteiger partial charge in [-0.15, -0.1) is 0 Å².